The summed E-state index contributed by atoms with van der Waals surface area (Å²) in [5.74, 6) is 0.499. The Morgan fingerprint density at radius 1 is 1.33 bits per heavy atom. The van der Waals surface area contributed by atoms with Gasteiger partial charge in [0.05, 0.1) is 5.69 Å². The van der Waals surface area contributed by atoms with Gasteiger partial charge in [-0.05, 0) is 18.6 Å². The Balaban J connectivity index is 1.87. The van der Waals surface area contributed by atoms with Crippen molar-refractivity contribution in [3.05, 3.63) is 29.7 Å². The van der Waals surface area contributed by atoms with Gasteiger partial charge in [0, 0.05) is 25.7 Å². The van der Waals surface area contributed by atoms with Crippen LogP contribution in [0.4, 0.5) is 0 Å². The summed E-state index contributed by atoms with van der Waals surface area (Å²) in [7, 11) is 0. The first-order valence-corrected chi connectivity index (χ1v) is 7.30. The van der Waals surface area contributed by atoms with Crippen LogP contribution in [0.15, 0.2) is 22.7 Å². The molecule has 2 aromatic heterocycles. The quantitative estimate of drug-likeness (QED) is 0.912. The second-order valence-electron chi connectivity index (χ2n) is 5.24. The molecular weight excluding hydrogens is 270 g/mol. The minimum atomic E-state index is -0.176. The van der Waals surface area contributed by atoms with Gasteiger partial charge in [-0.2, -0.15) is 0 Å². The van der Waals surface area contributed by atoms with E-state index in [2.05, 4.69) is 12.1 Å². The molecule has 0 spiro atoms. The van der Waals surface area contributed by atoms with Gasteiger partial charge < -0.3 is 19.1 Å². The Labute approximate surface area is 123 Å². The molecule has 112 valence electrons. The normalized spacial score (nSPS) is 14.6. The number of hydrogen-bond acceptors (Lipinski definition) is 4. The molecule has 0 bridgehead atoms. The second kappa shape index (κ2) is 5.73. The second-order valence-corrected chi connectivity index (χ2v) is 5.24. The maximum absolute atomic E-state index is 12.4. The fourth-order valence-electron chi connectivity index (χ4n) is 2.67. The first-order chi connectivity index (χ1) is 10.2. The predicted octanol–water partition coefficient (Wildman–Crippen LogP) is 1.89. The highest BCUT2D eigenvalue weighted by Crippen LogP contribution is 2.26. The monoisotopic (exact) mass is 289 g/mol. The SMILES string of the molecule is CCCCN1CCn2c(ccc2-c2cc(CO)on2)C1=O. The Kier molecular flexibility index (Phi) is 3.79. The molecule has 1 N–H and O–H groups in total. The lowest BCUT2D eigenvalue weighted by molar-refractivity contribution is 0.0703. The Morgan fingerprint density at radius 2 is 2.14 bits per heavy atom. The van der Waals surface area contributed by atoms with Crippen molar-refractivity contribution in [1.29, 1.82) is 0 Å². The van der Waals surface area contributed by atoms with Gasteiger partial charge in [0.2, 0.25) is 0 Å². The number of aliphatic hydroxyl groups excluding tert-OH is 1. The molecule has 1 aliphatic rings. The maximum Gasteiger partial charge on any atom is 0.270 e. The minimum Gasteiger partial charge on any atom is -0.388 e. The molecule has 0 saturated carbocycles. The summed E-state index contributed by atoms with van der Waals surface area (Å²) in [6.45, 7) is 4.24. The van der Waals surface area contributed by atoms with Crippen LogP contribution in [-0.4, -0.2) is 38.7 Å². The number of carbonyl (C=O) groups excluding carboxylic acids is 1. The fourth-order valence-corrected chi connectivity index (χ4v) is 2.67. The van der Waals surface area contributed by atoms with E-state index in [1.807, 2.05) is 21.6 Å². The first-order valence-electron chi connectivity index (χ1n) is 7.30. The van der Waals surface area contributed by atoms with Gasteiger partial charge in [0.1, 0.15) is 18.0 Å². The largest absolute Gasteiger partial charge is 0.388 e. The van der Waals surface area contributed by atoms with Gasteiger partial charge in [-0.3, -0.25) is 4.79 Å². The summed E-state index contributed by atoms with van der Waals surface area (Å²) >= 11 is 0. The lowest BCUT2D eigenvalue weighted by Crippen LogP contribution is -2.40. The zero-order chi connectivity index (χ0) is 14.8. The Morgan fingerprint density at radius 3 is 2.86 bits per heavy atom. The number of amides is 1. The number of aliphatic hydroxyl groups is 1. The van der Waals surface area contributed by atoms with Crippen molar-refractivity contribution in [2.24, 2.45) is 0 Å². The molecule has 0 radical (unpaired) electrons. The molecule has 6 nitrogen and oxygen atoms in total. The van der Waals surface area contributed by atoms with E-state index in [-0.39, 0.29) is 12.5 Å². The Hall–Kier alpha value is -2.08. The smallest absolute Gasteiger partial charge is 0.270 e. The third kappa shape index (κ3) is 2.47. The molecule has 0 aliphatic carbocycles. The summed E-state index contributed by atoms with van der Waals surface area (Å²) in [6, 6.07) is 5.43. The predicted molar refractivity (Wildman–Crippen MR) is 76.7 cm³/mol. The van der Waals surface area contributed by atoms with Crippen LogP contribution in [0.5, 0.6) is 0 Å². The highest BCUT2D eigenvalue weighted by atomic mass is 16.5. The van der Waals surface area contributed by atoms with Crippen LogP contribution >= 0.6 is 0 Å². The van der Waals surface area contributed by atoms with Crippen molar-refractivity contribution >= 4 is 5.91 Å². The van der Waals surface area contributed by atoms with Crippen LogP contribution in [0, 0.1) is 0 Å². The molecular formula is C15H19N3O3. The number of hydrogen-bond donors (Lipinski definition) is 1. The van der Waals surface area contributed by atoms with Crippen LogP contribution in [0.3, 0.4) is 0 Å². The average molecular weight is 289 g/mol. The average Bonchev–Trinajstić information content (AvgIpc) is 3.13. The molecule has 3 heterocycles. The van der Waals surface area contributed by atoms with Crippen LogP contribution in [0.1, 0.15) is 36.0 Å². The van der Waals surface area contributed by atoms with Gasteiger partial charge >= 0.3 is 0 Å². The number of aromatic nitrogens is 2. The van der Waals surface area contributed by atoms with Crippen molar-refractivity contribution in [2.75, 3.05) is 13.1 Å². The molecule has 0 aromatic carbocycles. The highest BCUT2D eigenvalue weighted by Gasteiger charge is 2.26. The zero-order valence-corrected chi connectivity index (χ0v) is 12.1. The molecule has 1 aliphatic heterocycles. The summed E-state index contributed by atoms with van der Waals surface area (Å²) in [5, 5.41) is 13.0. The van der Waals surface area contributed by atoms with E-state index in [9.17, 15) is 4.79 Å². The third-order valence-electron chi connectivity index (χ3n) is 3.84. The van der Waals surface area contributed by atoms with E-state index in [4.69, 9.17) is 9.63 Å². The molecule has 3 rings (SSSR count). The van der Waals surface area contributed by atoms with Gasteiger partial charge in [-0.1, -0.05) is 18.5 Å². The molecule has 1 amide bonds. The first kappa shape index (κ1) is 13.9. The lowest BCUT2D eigenvalue weighted by atomic mass is 10.2. The van der Waals surface area contributed by atoms with Gasteiger partial charge in [-0.15, -0.1) is 0 Å². The maximum atomic E-state index is 12.4. The van der Waals surface area contributed by atoms with Crippen LogP contribution in [0.2, 0.25) is 0 Å². The topological polar surface area (TPSA) is 71.5 Å². The van der Waals surface area contributed by atoms with E-state index in [1.54, 1.807) is 6.07 Å². The van der Waals surface area contributed by atoms with Crippen molar-refractivity contribution in [3.63, 3.8) is 0 Å². The number of rotatable bonds is 5. The third-order valence-corrected chi connectivity index (χ3v) is 3.84. The van der Waals surface area contributed by atoms with Gasteiger partial charge in [0.15, 0.2) is 5.76 Å². The molecule has 0 saturated heterocycles. The summed E-state index contributed by atoms with van der Waals surface area (Å²) in [4.78, 5) is 14.4. The fraction of sp³-hybridized carbons (Fsp3) is 0.467. The minimum absolute atomic E-state index is 0.0758. The van der Waals surface area contributed by atoms with E-state index in [1.165, 1.54) is 0 Å². The standard InChI is InChI=1S/C15H19N3O3/c1-2-3-6-17-7-8-18-13(4-5-14(18)15(17)20)12-9-11(10-19)21-16-12/h4-5,9,19H,2-3,6-8,10H2,1H3. The molecule has 2 aromatic rings. The van der Waals surface area contributed by atoms with E-state index in [0.29, 0.717) is 17.1 Å². The van der Waals surface area contributed by atoms with Crippen molar-refractivity contribution < 1.29 is 14.4 Å². The van der Waals surface area contributed by atoms with Crippen molar-refractivity contribution in [1.82, 2.24) is 14.6 Å². The lowest BCUT2D eigenvalue weighted by Gasteiger charge is -2.29. The van der Waals surface area contributed by atoms with Crippen LogP contribution in [0.25, 0.3) is 11.4 Å². The van der Waals surface area contributed by atoms with Crippen molar-refractivity contribution in [3.8, 4) is 11.4 Å². The molecule has 6 heteroatoms. The Bertz CT molecular complexity index is 644. The van der Waals surface area contributed by atoms with E-state index >= 15 is 0 Å². The number of unbranched alkanes of at least 4 members (excludes halogenated alkanes) is 1. The number of nitrogens with zero attached hydrogens (tertiary/aromatic N) is 3. The molecule has 0 atom stereocenters. The summed E-state index contributed by atoms with van der Waals surface area (Å²) in [6.07, 6.45) is 2.11. The molecule has 0 unspecified atom stereocenters. The van der Waals surface area contributed by atoms with E-state index < -0.39 is 0 Å². The number of carbonyl (C=O) groups is 1. The van der Waals surface area contributed by atoms with E-state index in [0.717, 1.165) is 38.2 Å². The summed E-state index contributed by atoms with van der Waals surface area (Å²) in [5.41, 5.74) is 2.21. The van der Waals surface area contributed by atoms with Gasteiger partial charge in [0.25, 0.3) is 5.91 Å². The summed E-state index contributed by atoms with van der Waals surface area (Å²) < 4.78 is 7.00. The van der Waals surface area contributed by atoms with Crippen LogP contribution < -0.4 is 0 Å². The number of fused-ring (bicyclic) bond motifs is 1. The van der Waals surface area contributed by atoms with Gasteiger partial charge in [-0.25, -0.2) is 0 Å². The highest BCUT2D eigenvalue weighted by molar-refractivity contribution is 5.94. The molecule has 21 heavy (non-hydrogen) atoms. The molecule has 0 fully saturated rings. The van der Waals surface area contributed by atoms with Crippen molar-refractivity contribution in [2.45, 2.75) is 32.9 Å². The van der Waals surface area contributed by atoms with Crippen LogP contribution in [-0.2, 0) is 13.2 Å². The zero-order valence-electron chi connectivity index (χ0n) is 12.1.